The first kappa shape index (κ1) is 22.1. The Bertz CT molecular complexity index is 1220. The van der Waals surface area contributed by atoms with Gasteiger partial charge in [-0.05, 0) is 53.9 Å². The third-order valence-electron chi connectivity index (χ3n) is 5.66. The van der Waals surface area contributed by atoms with Crippen LogP contribution in [0.25, 0.3) is 5.76 Å². The van der Waals surface area contributed by atoms with E-state index in [1.807, 2.05) is 30.3 Å². The normalized spacial score (nSPS) is 17.4. The van der Waals surface area contributed by atoms with Crippen LogP contribution in [0.15, 0.2) is 78.4 Å². The molecular weight excluding hydrogens is 425 g/mol. The number of halogens is 1. The van der Waals surface area contributed by atoms with E-state index in [-0.39, 0.29) is 29.2 Å². The van der Waals surface area contributed by atoms with Crippen molar-refractivity contribution in [3.05, 3.63) is 101 Å². The van der Waals surface area contributed by atoms with Gasteiger partial charge >= 0.3 is 0 Å². The number of methoxy groups -OCH3 is 1. The molecule has 0 saturated carbocycles. The molecule has 0 radical (unpaired) electrons. The second kappa shape index (κ2) is 9.16. The summed E-state index contributed by atoms with van der Waals surface area (Å²) in [6.45, 7) is 0.225. The number of aliphatic hydroxyl groups excluding tert-OH is 1. The highest BCUT2D eigenvalue weighted by Gasteiger charge is 2.46. The molecule has 168 valence electrons. The second-order valence-corrected chi connectivity index (χ2v) is 7.67. The second-order valence-electron chi connectivity index (χ2n) is 7.67. The van der Waals surface area contributed by atoms with Crippen molar-refractivity contribution in [3.8, 4) is 11.5 Å². The van der Waals surface area contributed by atoms with E-state index in [4.69, 9.17) is 4.74 Å². The lowest BCUT2D eigenvalue weighted by Gasteiger charge is -2.26. The number of aromatic hydroxyl groups is 1. The third-order valence-corrected chi connectivity index (χ3v) is 5.66. The van der Waals surface area contributed by atoms with Crippen LogP contribution in [0, 0.1) is 5.82 Å². The zero-order chi connectivity index (χ0) is 23.5. The van der Waals surface area contributed by atoms with E-state index in [1.54, 1.807) is 6.07 Å². The lowest BCUT2D eigenvalue weighted by molar-refractivity contribution is -0.139. The number of nitrogens with zero attached hydrogens (tertiary/aromatic N) is 1. The van der Waals surface area contributed by atoms with Crippen molar-refractivity contribution in [3.63, 3.8) is 0 Å². The maximum atomic E-state index is 13.4. The number of ketones is 1. The minimum Gasteiger partial charge on any atom is -0.507 e. The Balaban J connectivity index is 1.82. The molecule has 33 heavy (non-hydrogen) atoms. The summed E-state index contributed by atoms with van der Waals surface area (Å²) < 4.78 is 18.6. The van der Waals surface area contributed by atoms with Crippen molar-refractivity contribution in [2.24, 2.45) is 0 Å². The number of rotatable bonds is 6. The zero-order valence-electron chi connectivity index (χ0n) is 17.9. The molecule has 0 bridgehead atoms. The van der Waals surface area contributed by atoms with Crippen LogP contribution < -0.4 is 4.74 Å². The van der Waals surface area contributed by atoms with Crippen LogP contribution in [0.2, 0.25) is 0 Å². The molecule has 4 rings (SSSR count). The lowest BCUT2D eigenvalue weighted by Crippen LogP contribution is -2.31. The van der Waals surface area contributed by atoms with Gasteiger partial charge in [0, 0.05) is 12.1 Å². The first-order valence-corrected chi connectivity index (χ1v) is 10.4. The number of ether oxygens (including phenoxy) is 1. The highest BCUT2D eigenvalue weighted by atomic mass is 19.1. The number of hydrogen-bond acceptors (Lipinski definition) is 5. The molecule has 6 nitrogen and oxygen atoms in total. The summed E-state index contributed by atoms with van der Waals surface area (Å²) in [5.74, 6) is -2.39. The van der Waals surface area contributed by atoms with Crippen molar-refractivity contribution < 1.29 is 28.9 Å². The van der Waals surface area contributed by atoms with Crippen molar-refractivity contribution in [2.75, 3.05) is 13.7 Å². The van der Waals surface area contributed by atoms with Gasteiger partial charge in [-0.1, -0.05) is 36.4 Å². The quantitative estimate of drug-likeness (QED) is 0.336. The van der Waals surface area contributed by atoms with E-state index in [1.165, 1.54) is 48.4 Å². The standard InChI is InChI=1S/C26H22FNO5/c1-33-21-15-18(9-12-20(21)29)23-22(24(30)17-7-10-19(27)11-8-17)25(31)26(32)28(23)14-13-16-5-3-2-4-6-16/h2-12,15,23,29-30H,13-14H2,1H3/b24-22+. The molecule has 1 unspecified atom stereocenters. The summed E-state index contributed by atoms with van der Waals surface area (Å²) in [5.41, 5.74) is 1.58. The number of Topliss-reactive ketones (excluding diaryl/α,β-unsaturated/α-hetero) is 1. The van der Waals surface area contributed by atoms with Gasteiger partial charge in [-0.3, -0.25) is 9.59 Å². The average molecular weight is 447 g/mol. The number of amides is 1. The minimum absolute atomic E-state index is 0.0963. The molecule has 0 spiro atoms. The molecular formula is C26H22FNO5. The number of carbonyl (C=O) groups excluding carboxylic acids is 2. The predicted molar refractivity (Wildman–Crippen MR) is 120 cm³/mol. The predicted octanol–water partition coefficient (Wildman–Crippen LogP) is 4.20. The molecule has 1 heterocycles. The Morgan fingerprint density at radius 3 is 2.39 bits per heavy atom. The van der Waals surface area contributed by atoms with Crippen LogP contribution in [0.1, 0.15) is 22.7 Å². The van der Waals surface area contributed by atoms with Gasteiger partial charge in [-0.2, -0.15) is 0 Å². The van der Waals surface area contributed by atoms with Crippen LogP contribution in [0.3, 0.4) is 0 Å². The van der Waals surface area contributed by atoms with Crippen molar-refractivity contribution >= 4 is 17.4 Å². The van der Waals surface area contributed by atoms with Gasteiger partial charge in [0.1, 0.15) is 11.6 Å². The summed E-state index contributed by atoms with van der Waals surface area (Å²) in [5, 5.41) is 21.0. The van der Waals surface area contributed by atoms with Crippen LogP contribution in [-0.4, -0.2) is 40.5 Å². The van der Waals surface area contributed by atoms with Crippen LogP contribution in [0.4, 0.5) is 4.39 Å². The van der Waals surface area contributed by atoms with Gasteiger partial charge in [0.2, 0.25) is 0 Å². The Morgan fingerprint density at radius 2 is 1.73 bits per heavy atom. The molecule has 1 aliphatic rings. The van der Waals surface area contributed by atoms with Gasteiger partial charge in [-0.15, -0.1) is 0 Å². The molecule has 3 aromatic rings. The molecule has 1 fully saturated rings. The highest BCUT2D eigenvalue weighted by Crippen LogP contribution is 2.41. The Hall–Kier alpha value is -4.13. The maximum Gasteiger partial charge on any atom is 0.295 e. The van der Waals surface area contributed by atoms with Crippen LogP contribution in [-0.2, 0) is 16.0 Å². The first-order valence-electron chi connectivity index (χ1n) is 10.4. The van der Waals surface area contributed by atoms with Gasteiger partial charge < -0.3 is 19.8 Å². The van der Waals surface area contributed by atoms with Crippen LogP contribution in [0.5, 0.6) is 11.5 Å². The number of aliphatic hydroxyl groups is 1. The molecule has 1 aliphatic heterocycles. The molecule has 2 N–H and O–H groups in total. The number of phenolic OH excluding ortho intramolecular Hbond substituents is 1. The summed E-state index contributed by atoms with van der Waals surface area (Å²) >= 11 is 0. The van der Waals surface area contributed by atoms with Crippen molar-refractivity contribution in [2.45, 2.75) is 12.5 Å². The van der Waals surface area contributed by atoms with Crippen molar-refractivity contribution in [1.82, 2.24) is 4.90 Å². The number of benzene rings is 3. The number of carbonyl (C=O) groups is 2. The average Bonchev–Trinajstić information content (AvgIpc) is 3.08. The van der Waals surface area contributed by atoms with E-state index in [0.29, 0.717) is 12.0 Å². The largest absolute Gasteiger partial charge is 0.507 e. The topological polar surface area (TPSA) is 87.1 Å². The lowest BCUT2D eigenvalue weighted by atomic mass is 9.95. The molecule has 7 heteroatoms. The summed E-state index contributed by atoms with van der Waals surface area (Å²) in [4.78, 5) is 27.5. The Morgan fingerprint density at radius 1 is 1.03 bits per heavy atom. The summed E-state index contributed by atoms with van der Waals surface area (Å²) in [6, 6.07) is 18.1. The van der Waals surface area contributed by atoms with Gasteiger partial charge in [-0.25, -0.2) is 4.39 Å². The fraction of sp³-hybridized carbons (Fsp3) is 0.154. The first-order chi connectivity index (χ1) is 15.9. The summed E-state index contributed by atoms with van der Waals surface area (Å²) in [7, 11) is 1.39. The highest BCUT2D eigenvalue weighted by molar-refractivity contribution is 6.46. The molecule has 1 amide bonds. The van der Waals surface area contributed by atoms with Crippen LogP contribution >= 0.6 is 0 Å². The fourth-order valence-corrected chi connectivity index (χ4v) is 3.98. The third kappa shape index (κ3) is 4.30. The SMILES string of the molecule is COc1cc(C2/C(=C(\O)c3ccc(F)cc3)C(=O)C(=O)N2CCc2ccccc2)ccc1O. The number of hydrogen-bond donors (Lipinski definition) is 2. The molecule has 1 saturated heterocycles. The van der Waals surface area contributed by atoms with Gasteiger partial charge in [0.05, 0.1) is 18.7 Å². The van der Waals surface area contributed by atoms with E-state index in [9.17, 15) is 24.2 Å². The minimum atomic E-state index is -0.909. The molecule has 1 atom stereocenters. The zero-order valence-corrected chi connectivity index (χ0v) is 17.9. The van der Waals surface area contributed by atoms with Gasteiger partial charge in [0.25, 0.3) is 11.7 Å². The molecule has 0 aliphatic carbocycles. The maximum absolute atomic E-state index is 13.4. The molecule has 3 aromatic carbocycles. The number of likely N-dealkylation sites (tertiary alicyclic amines) is 1. The molecule has 0 aromatic heterocycles. The van der Waals surface area contributed by atoms with E-state index in [0.717, 1.165) is 5.56 Å². The van der Waals surface area contributed by atoms with Gasteiger partial charge in [0.15, 0.2) is 11.5 Å². The fourth-order valence-electron chi connectivity index (χ4n) is 3.98. The van der Waals surface area contributed by atoms with E-state index >= 15 is 0 Å². The van der Waals surface area contributed by atoms with E-state index in [2.05, 4.69) is 0 Å². The number of phenols is 1. The van der Waals surface area contributed by atoms with E-state index < -0.39 is 29.3 Å². The smallest absolute Gasteiger partial charge is 0.295 e. The summed E-state index contributed by atoms with van der Waals surface area (Å²) in [6.07, 6.45) is 0.496. The van der Waals surface area contributed by atoms with Crippen molar-refractivity contribution in [1.29, 1.82) is 0 Å². The monoisotopic (exact) mass is 447 g/mol. The Kier molecular flexibility index (Phi) is 6.13. The Labute approximate surface area is 190 Å².